The van der Waals surface area contributed by atoms with Gasteiger partial charge in [-0.05, 0) is 23.8 Å². The zero-order valence-corrected chi connectivity index (χ0v) is 15.4. The highest BCUT2D eigenvalue weighted by molar-refractivity contribution is 5.60. The van der Waals surface area contributed by atoms with Gasteiger partial charge in [0.1, 0.15) is 6.10 Å². The number of hydrogen-bond donors (Lipinski definition) is 1. The second kappa shape index (κ2) is 7.40. The van der Waals surface area contributed by atoms with Gasteiger partial charge >= 0.3 is 0 Å². The molecule has 2 aromatic heterocycles. The summed E-state index contributed by atoms with van der Waals surface area (Å²) in [6.07, 6.45) is 2.41. The summed E-state index contributed by atoms with van der Waals surface area (Å²) in [5.74, 6) is -0.0432. The molecule has 0 aliphatic carbocycles. The average Bonchev–Trinajstić information content (AvgIpc) is 2.71. The number of benzene rings is 1. The van der Waals surface area contributed by atoms with Crippen molar-refractivity contribution in [3.8, 4) is 11.3 Å². The third-order valence-electron chi connectivity index (χ3n) is 4.82. The van der Waals surface area contributed by atoms with Gasteiger partial charge in [0.2, 0.25) is 5.95 Å². The monoisotopic (exact) mass is 381 g/mol. The molecular weight excluding hydrogens is 361 g/mol. The fraction of sp³-hybridized carbons (Fsp3) is 0.250. The fourth-order valence-corrected chi connectivity index (χ4v) is 3.27. The predicted octanol–water partition coefficient (Wildman–Crippen LogP) is 2.14. The van der Waals surface area contributed by atoms with E-state index >= 15 is 0 Å². The second-order valence-corrected chi connectivity index (χ2v) is 6.67. The zero-order valence-electron chi connectivity index (χ0n) is 15.4. The van der Waals surface area contributed by atoms with Crippen LogP contribution in [0.4, 0.5) is 16.0 Å². The molecule has 7 nitrogen and oxygen atoms in total. The average molecular weight is 381 g/mol. The van der Waals surface area contributed by atoms with Crippen LogP contribution < -0.4 is 16.2 Å². The van der Waals surface area contributed by atoms with Crippen LogP contribution in [0, 0.1) is 5.82 Å². The third-order valence-corrected chi connectivity index (χ3v) is 4.82. The lowest BCUT2D eigenvalue weighted by Crippen LogP contribution is -2.41. The lowest BCUT2D eigenvalue weighted by atomic mass is 10.1. The summed E-state index contributed by atoms with van der Waals surface area (Å²) >= 11 is 0. The van der Waals surface area contributed by atoms with E-state index in [4.69, 9.17) is 10.5 Å². The minimum Gasteiger partial charge on any atom is -0.399 e. The molecule has 0 saturated carbocycles. The summed E-state index contributed by atoms with van der Waals surface area (Å²) in [5.41, 5.74) is 7.72. The van der Waals surface area contributed by atoms with Crippen LogP contribution in [0.3, 0.4) is 0 Å². The molecule has 0 radical (unpaired) electrons. The molecule has 4 rings (SSSR count). The van der Waals surface area contributed by atoms with Crippen LogP contribution in [0.2, 0.25) is 0 Å². The van der Waals surface area contributed by atoms with Crippen LogP contribution in [0.5, 0.6) is 0 Å². The normalized spacial score (nSPS) is 16.9. The van der Waals surface area contributed by atoms with Crippen molar-refractivity contribution in [3.63, 3.8) is 0 Å². The fourth-order valence-electron chi connectivity index (χ4n) is 3.27. The van der Waals surface area contributed by atoms with E-state index in [1.165, 1.54) is 22.9 Å². The summed E-state index contributed by atoms with van der Waals surface area (Å²) in [5, 5.41) is 0. The van der Waals surface area contributed by atoms with E-state index in [1.807, 2.05) is 29.2 Å². The van der Waals surface area contributed by atoms with Gasteiger partial charge in [-0.25, -0.2) is 9.37 Å². The first kappa shape index (κ1) is 18.1. The standard InChI is InChI=1S/C20H20FN5O2/c1-25-19(27)10-17(15-6-7-23-11-16(15)21)24-20(25)26-8-9-28-18(12-26)13-2-4-14(22)5-3-13/h2-7,10-11,18H,8-9,12,22H2,1H3. The van der Waals surface area contributed by atoms with E-state index < -0.39 is 5.82 Å². The molecule has 28 heavy (non-hydrogen) atoms. The molecular formula is C20H20FN5O2. The number of rotatable bonds is 3. The van der Waals surface area contributed by atoms with E-state index in [0.717, 1.165) is 11.8 Å². The molecule has 0 bridgehead atoms. The topological polar surface area (TPSA) is 86.3 Å². The molecule has 144 valence electrons. The molecule has 1 aliphatic heterocycles. The van der Waals surface area contributed by atoms with Crippen LogP contribution in [-0.4, -0.2) is 34.2 Å². The van der Waals surface area contributed by atoms with Crippen molar-refractivity contribution in [2.24, 2.45) is 7.05 Å². The first-order valence-corrected chi connectivity index (χ1v) is 8.93. The van der Waals surface area contributed by atoms with E-state index in [-0.39, 0.29) is 22.9 Å². The Bertz CT molecular complexity index is 1050. The quantitative estimate of drug-likeness (QED) is 0.700. The van der Waals surface area contributed by atoms with Gasteiger partial charge in [-0.3, -0.25) is 14.3 Å². The van der Waals surface area contributed by atoms with Crippen molar-refractivity contribution in [1.29, 1.82) is 0 Å². The van der Waals surface area contributed by atoms with Crippen molar-refractivity contribution < 1.29 is 9.13 Å². The Morgan fingerprint density at radius 3 is 2.79 bits per heavy atom. The van der Waals surface area contributed by atoms with Gasteiger partial charge in [-0.1, -0.05) is 12.1 Å². The number of nitrogens with two attached hydrogens (primary N) is 1. The van der Waals surface area contributed by atoms with Gasteiger partial charge in [0.25, 0.3) is 5.56 Å². The SMILES string of the molecule is Cn1c(N2CCOC(c3ccc(N)cc3)C2)nc(-c2ccncc2F)cc1=O. The van der Waals surface area contributed by atoms with Gasteiger partial charge in [0.15, 0.2) is 5.82 Å². The molecule has 2 N–H and O–H groups in total. The summed E-state index contributed by atoms with van der Waals surface area (Å²) < 4.78 is 21.5. The number of aromatic nitrogens is 3. The molecule has 0 spiro atoms. The maximum atomic E-state index is 14.1. The Morgan fingerprint density at radius 2 is 2.04 bits per heavy atom. The molecule has 8 heteroatoms. The Hall–Kier alpha value is -3.26. The van der Waals surface area contributed by atoms with Crippen LogP contribution in [0.1, 0.15) is 11.7 Å². The third kappa shape index (κ3) is 3.46. The van der Waals surface area contributed by atoms with Crippen LogP contribution in [0.15, 0.2) is 53.6 Å². The summed E-state index contributed by atoms with van der Waals surface area (Å²) in [6, 6.07) is 10.4. The van der Waals surface area contributed by atoms with Crippen LogP contribution in [0.25, 0.3) is 11.3 Å². The largest absolute Gasteiger partial charge is 0.399 e. The predicted molar refractivity (Wildman–Crippen MR) is 104 cm³/mol. The van der Waals surface area contributed by atoms with Crippen LogP contribution in [-0.2, 0) is 11.8 Å². The van der Waals surface area contributed by atoms with Gasteiger partial charge in [0.05, 0.1) is 25.0 Å². The maximum Gasteiger partial charge on any atom is 0.255 e. The number of nitrogen functional groups attached to an aromatic ring is 1. The smallest absolute Gasteiger partial charge is 0.255 e. The van der Waals surface area contributed by atoms with E-state index in [1.54, 1.807) is 7.05 Å². The Labute approximate surface area is 161 Å². The number of ether oxygens (including phenoxy) is 1. The first-order valence-electron chi connectivity index (χ1n) is 8.93. The summed E-state index contributed by atoms with van der Waals surface area (Å²) in [6.45, 7) is 1.58. The number of morpholine rings is 1. The minimum absolute atomic E-state index is 0.174. The lowest BCUT2D eigenvalue weighted by Gasteiger charge is -2.34. The van der Waals surface area contributed by atoms with Gasteiger partial charge in [-0.2, -0.15) is 0 Å². The van der Waals surface area contributed by atoms with Crippen LogP contribution >= 0.6 is 0 Å². The number of hydrogen-bond acceptors (Lipinski definition) is 6. The molecule has 0 amide bonds. The van der Waals surface area contributed by atoms with Gasteiger partial charge in [-0.15, -0.1) is 0 Å². The highest BCUT2D eigenvalue weighted by Gasteiger charge is 2.25. The first-order chi connectivity index (χ1) is 13.5. The number of pyridine rings is 1. The Morgan fingerprint density at radius 1 is 1.25 bits per heavy atom. The minimum atomic E-state index is -0.518. The molecule has 1 saturated heterocycles. The molecule has 3 heterocycles. The van der Waals surface area contributed by atoms with Crippen molar-refractivity contribution >= 4 is 11.6 Å². The number of nitrogens with zero attached hydrogens (tertiary/aromatic N) is 4. The molecule has 3 aromatic rings. The van der Waals surface area contributed by atoms with E-state index in [0.29, 0.717) is 31.3 Å². The van der Waals surface area contributed by atoms with Crippen molar-refractivity contribution in [2.45, 2.75) is 6.10 Å². The van der Waals surface area contributed by atoms with Gasteiger partial charge < -0.3 is 15.4 Å². The molecule has 1 fully saturated rings. The van der Waals surface area contributed by atoms with E-state index in [2.05, 4.69) is 9.97 Å². The molecule has 1 aliphatic rings. The second-order valence-electron chi connectivity index (χ2n) is 6.67. The maximum absolute atomic E-state index is 14.1. The number of anilines is 2. The highest BCUT2D eigenvalue weighted by Crippen LogP contribution is 2.27. The van der Waals surface area contributed by atoms with Crippen molar-refractivity contribution in [2.75, 3.05) is 30.3 Å². The Balaban J connectivity index is 1.69. The van der Waals surface area contributed by atoms with Gasteiger partial charge in [0, 0.05) is 37.1 Å². The van der Waals surface area contributed by atoms with Crippen molar-refractivity contribution in [1.82, 2.24) is 14.5 Å². The number of halogens is 1. The van der Waals surface area contributed by atoms with Crippen molar-refractivity contribution in [3.05, 3.63) is 70.5 Å². The van der Waals surface area contributed by atoms with E-state index in [9.17, 15) is 9.18 Å². The molecule has 1 aromatic carbocycles. The molecule has 1 unspecified atom stereocenters. The molecule has 1 atom stereocenters. The summed E-state index contributed by atoms with van der Waals surface area (Å²) in [4.78, 5) is 22.8. The Kier molecular flexibility index (Phi) is 4.79. The zero-order chi connectivity index (χ0) is 19.7. The lowest BCUT2D eigenvalue weighted by molar-refractivity contribution is 0.0390. The highest BCUT2D eigenvalue weighted by atomic mass is 19.1. The summed E-state index contributed by atoms with van der Waals surface area (Å²) in [7, 11) is 1.66.